The smallest absolute Gasteiger partial charge is 0.274 e. The minimum absolute atomic E-state index is 0.137. The van der Waals surface area contributed by atoms with E-state index in [-0.39, 0.29) is 31.6 Å². The standard InChI is InChI=1S/C30H38F2N6O4S/c1-20(19-39)43(41,42)35-22-3-4-23(25(18-22)37-13-8-29(6-7-29)9-14-37)34-28(40)24-17-21-5-12-36(2)26(21)27(33-24)38-15-10-30(31,32)11-16-38/h3-5,12,17-18,20,35,39H,6-11,13-16,19H2,1-2H3,(H,34,40)/t20-/m1/s1. The molecular weight excluding hydrogens is 578 g/mol. The van der Waals surface area contributed by atoms with Crippen LogP contribution in [-0.4, -0.2) is 72.9 Å². The molecule has 1 saturated carbocycles. The van der Waals surface area contributed by atoms with Crippen LogP contribution in [-0.2, 0) is 17.1 Å². The van der Waals surface area contributed by atoms with Gasteiger partial charge in [-0.05, 0) is 68.4 Å². The monoisotopic (exact) mass is 616 g/mol. The summed E-state index contributed by atoms with van der Waals surface area (Å²) in [5.41, 5.74) is 2.91. The Morgan fingerprint density at radius 2 is 1.70 bits per heavy atom. The summed E-state index contributed by atoms with van der Waals surface area (Å²) >= 11 is 0. The highest BCUT2D eigenvalue weighted by Gasteiger charge is 2.44. The molecule has 10 nitrogen and oxygen atoms in total. The van der Waals surface area contributed by atoms with Gasteiger partial charge in [0.05, 0.1) is 29.2 Å². The lowest BCUT2D eigenvalue weighted by Crippen LogP contribution is -2.40. The maximum Gasteiger partial charge on any atom is 0.274 e. The molecule has 3 N–H and O–H groups in total. The van der Waals surface area contributed by atoms with E-state index in [9.17, 15) is 27.1 Å². The van der Waals surface area contributed by atoms with Gasteiger partial charge >= 0.3 is 0 Å². The number of aliphatic hydroxyl groups is 1. The number of alkyl halides is 2. The lowest BCUT2D eigenvalue weighted by molar-refractivity contribution is -0.0221. The topological polar surface area (TPSA) is 120 Å². The Morgan fingerprint density at radius 3 is 2.35 bits per heavy atom. The number of nitrogens with one attached hydrogen (secondary N) is 2. The zero-order valence-corrected chi connectivity index (χ0v) is 25.3. The minimum Gasteiger partial charge on any atom is -0.395 e. The van der Waals surface area contributed by atoms with Crippen LogP contribution in [0.3, 0.4) is 0 Å². The molecule has 4 heterocycles. The number of piperidine rings is 2. The number of sulfonamides is 1. The first-order valence-corrected chi connectivity index (χ1v) is 16.4. The molecular formula is C30H38F2N6O4S. The van der Waals surface area contributed by atoms with Gasteiger partial charge in [-0.1, -0.05) is 0 Å². The molecule has 1 spiro atoms. The summed E-state index contributed by atoms with van der Waals surface area (Å²) in [5, 5.41) is 12.2. The van der Waals surface area contributed by atoms with Crippen LogP contribution >= 0.6 is 0 Å². The summed E-state index contributed by atoms with van der Waals surface area (Å²) in [7, 11) is -1.95. The van der Waals surface area contributed by atoms with Gasteiger partial charge in [0.2, 0.25) is 10.0 Å². The first-order valence-electron chi connectivity index (χ1n) is 14.8. The highest BCUT2D eigenvalue weighted by atomic mass is 32.2. The number of carbonyl (C=O) groups is 1. The van der Waals surface area contributed by atoms with Crippen molar-refractivity contribution in [1.82, 2.24) is 9.55 Å². The van der Waals surface area contributed by atoms with E-state index in [1.807, 2.05) is 28.8 Å². The van der Waals surface area contributed by atoms with Crippen molar-refractivity contribution in [2.24, 2.45) is 12.5 Å². The quantitative estimate of drug-likeness (QED) is 0.339. The summed E-state index contributed by atoms with van der Waals surface area (Å²) in [6.45, 7) is 2.76. The van der Waals surface area contributed by atoms with Gasteiger partial charge in [-0.25, -0.2) is 22.2 Å². The van der Waals surface area contributed by atoms with Crippen LogP contribution in [0.2, 0.25) is 0 Å². The number of rotatable bonds is 8. The van der Waals surface area contributed by atoms with Crippen LogP contribution < -0.4 is 19.8 Å². The zero-order valence-electron chi connectivity index (χ0n) is 24.4. The predicted octanol–water partition coefficient (Wildman–Crippen LogP) is 4.56. The molecule has 0 radical (unpaired) electrons. The number of nitrogens with zero attached hydrogens (tertiary/aromatic N) is 4. The average Bonchev–Trinajstić information content (AvgIpc) is 3.63. The van der Waals surface area contributed by atoms with E-state index in [4.69, 9.17) is 0 Å². The van der Waals surface area contributed by atoms with Crippen molar-refractivity contribution < 1.29 is 27.1 Å². The molecule has 3 aromatic rings. The molecule has 2 aromatic heterocycles. The van der Waals surface area contributed by atoms with Crippen LogP contribution in [0.5, 0.6) is 0 Å². The molecule has 1 atom stereocenters. The van der Waals surface area contributed by atoms with Crippen molar-refractivity contribution in [2.75, 3.05) is 52.6 Å². The number of aryl methyl sites for hydroxylation is 1. The normalized spacial score (nSPS) is 20.3. The second kappa shape index (κ2) is 10.9. The Labute approximate surface area is 250 Å². The Balaban J connectivity index is 1.31. The van der Waals surface area contributed by atoms with Crippen LogP contribution in [0.25, 0.3) is 10.9 Å². The molecule has 0 unspecified atom stereocenters. The molecule has 0 bridgehead atoms. The Bertz CT molecular complexity index is 1640. The van der Waals surface area contributed by atoms with Crippen molar-refractivity contribution >= 4 is 49.7 Å². The zero-order chi connectivity index (χ0) is 30.6. The fraction of sp³-hybridized carbons (Fsp3) is 0.533. The van der Waals surface area contributed by atoms with E-state index in [1.165, 1.54) is 19.8 Å². The minimum atomic E-state index is -3.81. The summed E-state index contributed by atoms with van der Waals surface area (Å²) < 4.78 is 57.6. The summed E-state index contributed by atoms with van der Waals surface area (Å²) in [6.07, 6.45) is 5.83. The first-order chi connectivity index (χ1) is 20.4. The van der Waals surface area contributed by atoms with Crippen LogP contribution in [0, 0.1) is 5.41 Å². The van der Waals surface area contributed by atoms with Gasteiger partial charge in [-0.2, -0.15) is 0 Å². The molecule has 1 aliphatic carbocycles. The Hall–Kier alpha value is -3.45. The van der Waals surface area contributed by atoms with E-state index >= 15 is 0 Å². The maximum atomic E-state index is 13.9. The number of carbonyl (C=O) groups excluding carboxylic acids is 1. The Kier molecular flexibility index (Phi) is 7.52. The second-order valence-electron chi connectivity index (χ2n) is 12.4. The average molecular weight is 617 g/mol. The number of fused-ring (bicyclic) bond motifs is 1. The van der Waals surface area contributed by atoms with Crippen molar-refractivity contribution in [3.05, 3.63) is 42.2 Å². The first kappa shape index (κ1) is 29.6. The summed E-state index contributed by atoms with van der Waals surface area (Å²) in [4.78, 5) is 22.4. The van der Waals surface area contributed by atoms with Crippen LogP contribution in [0.4, 0.5) is 31.7 Å². The fourth-order valence-electron chi connectivity index (χ4n) is 6.09. The molecule has 43 heavy (non-hydrogen) atoms. The number of amides is 1. The van der Waals surface area contributed by atoms with Gasteiger partial charge in [-0.3, -0.25) is 9.52 Å². The summed E-state index contributed by atoms with van der Waals surface area (Å²) in [5.74, 6) is -2.66. The van der Waals surface area contributed by atoms with E-state index in [0.717, 1.165) is 36.8 Å². The van der Waals surface area contributed by atoms with E-state index in [1.54, 1.807) is 24.3 Å². The Morgan fingerprint density at radius 1 is 1.02 bits per heavy atom. The third-order valence-electron chi connectivity index (χ3n) is 9.28. The maximum absolute atomic E-state index is 13.9. The summed E-state index contributed by atoms with van der Waals surface area (Å²) in [6, 6.07) is 8.54. The number of anilines is 4. The number of aliphatic hydroxyl groups excluding tert-OH is 1. The van der Waals surface area contributed by atoms with Crippen molar-refractivity contribution in [3.8, 4) is 0 Å². The second-order valence-corrected chi connectivity index (χ2v) is 14.5. The van der Waals surface area contributed by atoms with Gasteiger partial charge < -0.3 is 24.8 Å². The van der Waals surface area contributed by atoms with Crippen LogP contribution in [0.15, 0.2) is 36.5 Å². The molecule has 2 aliphatic heterocycles. The number of hydrogen-bond donors (Lipinski definition) is 3. The molecule has 3 fully saturated rings. The lowest BCUT2D eigenvalue weighted by Gasteiger charge is -2.35. The van der Waals surface area contributed by atoms with E-state index < -0.39 is 33.7 Å². The van der Waals surface area contributed by atoms with Crippen molar-refractivity contribution in [2.45, 2.75) is 56.6 Å². The third-order valence-corrected chi connectivity index (χ3v) is 11.0. The van der Waals surface area contributed by atoms with Crippen molar-refractivity contribution in [3.63, 3.8) is 0 Å². The van der Waals surface area contributed by atoms with Crippen LogP contribution in [0.1, 0.15) is 55.9 Å². The largest absolute Gasteiger partial charge is 0.395 e. The highest BCUT2D eigenvalue weighted by Crippen LogP contribution is 2.54. The van der Waals surface area contributed by atoms with Gasteiger partial charge in [-0.15, -0.1) is 0 Å². The molecule has 6 rings (SSSR count). The molecule has 3 aliphatic rings. The molecule has 1 aromatic carbocycles. The molecule has 1 amide bonds. The van der Waals surface area contributed by atoms with Crippen molar-refractivity contribution in [1.29, 1.82) is 0 Å². The number of aromatic nitrogens is 2. The third kappa shape index (κ3) is 6.01. The van der Waals surface area contributed by atoms with Gasteiger partial charge in [0.25, 0.3) is 11.8 Å². The molecule has 13 heteroatoms. The number of pyridine rings is 1. The van der Waals surface area contributed by atoms with E-state index in [0.29, 0.717) is 28.3 Å². The van der Waals surface area contributed by atoms with Gasteiger partial charge in [0.1, 0.15) is 10.9 Å². The number of halogens is 2. The number of benzene rings is 1. The molecule has 2 saturated heterocycles. The van der Waals surface area contributed by atoms with Gasteiger partial charge in [0.15, 0.2) is 5.82 Å². The number of hydrogen-bond acceptors (Lipinski definition) is 7. The fourth-order valence-corrected chi connectivity index (χ4v) is 6.95. The lowest BCUT2D eigenvalue weighted by atomic mass is 9.93. The predicted molar refractivity (Wildman–Crippen MR) is 164 cm³/mol. The highest BCUT2D eigenvalue weighted by molar-refractivity contribution is 7.93. The van der Waals surface area contributed by atoms with E-state index in [2.05, 4.69) is 19.9 Å². The van der Waals surface area contributed by atoms with Gasteiger partial charge in [0, 0.05) is 57.7 Å². The molecule has 232 valence electrons. The SMILES string of the molecule is C[C@H](CO)S(=O)(=O)Nc1ccc(NC(=O)c2cc3ccn(C)c3c(N3CCC(F)(F)CC3)n2)c(N2CCC3(CC2)CC3)c1.